The molecule has 1 aromatic rings. The third kappa shape index (κ3) is 2.99. The molecule has 4 heteroatoms. The van der Waals surface area contributed by atoms with Gasteiger partial charge in [0, 0.05) is 5.56 Å². The molecule has 0 bridgehead atoms. The summed E-state index contributed by atoms with van der Waals surface area (Å²) < 4.78 is 0. The highest BCUT2D eigenvalue weighted by atomic mass is 35.5. The van der Waals surface area contributed by atoms with Gasteiger partial charge >= 0.3 is 0 Å². The Kier molecular flexibility index (Phi) is 4.97. The summed E-state index contributed by atoms with van der Waals surface area (Å²) in [5.74, 6) is 0.244. The number of hydrogen-bond acceptors (Lipinski definition) is 2. The lowest BCUT2D eigenvalue weighted by molar-refractivity contribution is 0.0999. The molecule has 0 atom stereocenters. The van der Waals surface area contributed by atoms with Gasteiger partial charge in [-0.05, 0) is 56.0 Å². The van der Waals surface area contributed by atoms with Gasteiger partial charge in [-0.3, -0.25) is 4.79 Å². The van der Waals surface area contributed by atoms with Crippen molar-refractivity contribution in [2.75, 3.05) is 13.1 Å². The summed E-state index contributed by atoms with van der Waals surface area (Å²) in [6.45, 7) is 4.12. The SMILES string of the molecule is Cc1c(C(N)=O)cccc1C1CCNCC1.Cl. The number of piperidine rings is 1. The van der Waals surface area contributed by atoms with Crippen molar-refractivity contribution >= 4 is 18.3 Å². The number of hydrogen-bond donors (Lipinski definition) is 2. The van der Waals surface area contributed by atoms with Gasteiger partial charge in [0.2, 0.25) is 5.91 Å². The molecule has 1 aliphatic rings. The minimum atomic E-state index is -0.326. The molecule has 0 unspecified atom stereocenters. The van der Waals surface area contributed by atoms with Crippen LogP contribution in [0.1, 0.15) is 40.2 Å². The van der Waals surface area contributed by atoms with Crippen molar-refractivity contribution in [1.29, 1.82) is 0 Å². The average Bonchev–Trinajstić information content (AvgIpc) is 2.30. The molecular weight excluding hydrogens is 236 g/mol. The van der Waals surface area contributed by atoms with Gasteiger partial charge in [0.1, 0.15) is 0 Å². The van der Waals surface area contributed by atoms with Crippen molar-refractivity contribution in [1.82, 2.24) is 5.32 Å². The maximum atomic E-state index is 11.3. The molecule has 0 radical (unpaired) electrons. The lowest BCUT2D eigenvalue weighted by atomic mass is 9.86. The number of carbonyl (C=O) groups is 1. The number of rotatable bonds is 2. The van der Waals surface area contributed by atoms with Crippen molar-refractivity contribution in [3.05, 3.63) is 34.9 Å². The second kappa shape index (κ2) is 6.03. The quantitative estimate of drug-likeness (QED) is 0.848. The molecule has 1 amide bonds. The third-order valence-corrected chi connectivity index (χ3v) is 3.42. The maximum Gasteiger partial charge on any atom is 0.248 e. The Bertz CT molecular complexity index is 400. The molecule has 1 fully saturated rings. The maximum absolute atomic E-state index is 11.3. The number of benzene rings is 1. The monoisotopic (exact) mass is 254 g/mol. The highest BCUT2D eigenvalue weighted by Gasteiger charge is 2.18. The lowest BCUT2D eigenvalue weighted by Gasteiger charge is -2.25. The van der Waals surface area contributed by atoms with Crippen LogP contribution in [0.2, 0.25) is 0 Å². The standard InChI is InChI=1S/C13H18N2O.ClH/c1-9-11(10-5-7-15-8-6-10)3-2-4-12(9)13(14)16;/h2-4,10,15H,5-8H2,1H3,(H2,14,16);1H. The van der Waals surface area contributed by atoms with E-state index in [9.17, 15) is 4.79 Å². The van der Waals surface area contributed by atoms with Crippen LogP contribution in [0.5, 0.6) is 0 Å². The van der Waals surface area contributed by atoms with E-state index in [0.717, 1.165) is 31.5 Å². The molecule has 1 aromatic carbocycles. The largest absolute Gasteiger partial charge is 0.366 e. The van der Waals surface area contributed by atoms with E-state index in [-0.39, 0.29) is 18.3 Å². The second-order valence-corrected chi connectivity index (χ2v) is 4.41. The van der Waals surface area contributed by atoms with Crippen molar-refractivity contribution < 1.29 is 4.79 Å². The molecule has 0 aromatic heterocycles. The first-order valence-corrected chi connectivity index (χ1v) is 5.80. The van der Waals surface area contributed by atoms with Crippen LogP contribution < -0.4 is 11.1 Å². The molecule has 0 saturated carbocycles. The number of nitrogens with two attached hydrogens (primary N) is 1. The molecule has 0 aliphatic carbocycles. The van der Waals surface area contributed by atoms with Crippen molar-refractivity contribution in [2.45, 2.75) is 25.7 Å². The van der Waals surface area contributed by atoms with Gasteiger partial charge in [0.25, 0.3) is 0 Å². The summed E-state index contributed by atoms with van der Waals surface area (Å²) >= 11 is 0. The Morgan fingerprint density at radius 2 is 2.00 bits per heavy atom. The predicted molar refractivity (Wildman–Crippen MR) is 71.8 cm³/mol. The van der Waals surface area contributed by atoms with Crippen molar-refractivity contribution in [3.8, 4) is 0 Å². The van der Waals surface area contributed by atoms with Gasteiger partial charge in [0.05, 0.1) is 0 Å². The van der Waals surface area contributed by atoms with Gasteiger partial charge in [0.15, 0.2) is 0 Å². The van der Waals surface area contributed by atoms with Crippen LogP contribution in [0, 0.1) is 6.92 Å². The minimum Gasteiger partial charge on any atom is -0.366 e. The molecule has 94 valence electrons. The number of amides is 1. The number of carbonyl (C=O) groups excluding carboxylic acids is 1. The number of halogens is 1. The molecule has 1 heterocycles. The Hall–Kier alpha value is -1.06. The van der Waals surface area contributed by atoms with E-state index in [4.69, 9.17) is 5.73 Å². The summed E-state index contributed by atoms with van der Waals surface area (Å²) in [7, 11) is 0. The second-order valence-electron chi connectivity index (χ2n) is 4.41. The molecule has 3 N–H and O–H groups in total. The fourth-order valence-corrected chi connectivity index (χ4v) is 2.50. The molecule has 0 spiro atoms. The third-order valence-electron chi connectivity index (χ3n) is 3.42. The molecule has 1 saturated heterocycles. The molecular formula is C13H19ClN2O. The first-order valence-electron chi connectivity index (χ1n) is 5.80. The van der Waals surface area contributed by atoms with Crippen LogP contribution in [0.25, 0.3) is 0 Å². The van der Waals surface area contributed by atoms with E-state index in [1.807, 2.05) is 19.1 Å². The lowest BCUT2D eigenvalue weighted by Crippen LogP contribution is -2.27. The van der Waals surface area contributed by atoms with E-state index in [1.165, 1.54) is 5.56 Å². The zero-order valence-corrected chi connectivity index (χ0v) is 10.8. The Balaban J connectivity index is 0.00000144. The first-order chi connectivity index (χ1) is 7.70. The molecule has 1 aliphatic heterocycles. The zero-order valence-electron chi connectivity index (χ0n) is 10.0. The predicted octanol–water partition coefficient (Wildman–Crippen LogP) is 1.98. The van der Waals surface area contributed by atoms with E-state index in [2.05, 4.69) is 11.4 Å². The average molecular weight is 255 g/mol. The van der Waals surface area contributed by atoms with Crippen LogP contribution in [0.4, 0.5) is 0 Å². The Morgan fingerprint density at radius 1 is 1.35 bits per heavy atom. The highest BCUT2D eigenvalue weighted by Crippen LogP contribution is 2.29. The topological polar surface area (TPSA) is 55.1 Å². The number of nitrogens with one attached hydrogen (secondary N) is 1. The summed E-state index contributed by atoms with van der Waals surface area (Å²) in [4.78, 5) is 11.3. The van der Waals surface area contributed by atoms with Gasteiger partial charge in [-0.25, -0.2) is 0 Å². The van der Waals surface area contributed by atoms with E-state index < -0.39 is 0 Å². The fraction of sp³-hybridized carbons (Fsp3) is 0.462. The Morgan fingerprint density at radius 3 is 2.59 bits per heavy atom. The first kappa shape index (κ1) is 14.0. The van der Waals surface area contributed by atoms with Gasteiger partial charge in [-0.2, -0.15) is 0 Å². The van der Waals surface area contributed by atoms with Crippen LogP contribution in [0.15, 0.2) is 18.2 Å². The Labute approximate surface area is 108 Å². The van der Waals surface area contributed by atoms with Crippen molar-refractivity contribution in [3.63, 3.8) is 0 Å². The van der Waals surface area contributed by atoms with Crippen LogP contribution in [-0.2, 0) is 0 Å². The zero-order chi connectivity index (χ0) is 11.5. The highest BCUT2D eigenvalue weighted by molar-refractivity contribution is 5.94. The summed E-state index contributed by atoms with van der Waals surface area (Å²) in [5.41, 5.74) is 8.37. The van der Waals surface area contributed by atoms with E-state index in [0.29, 0.717) is 11.5 Å². The van der Waals surface area contributed by atoms with E-state index >= 15 is 0 Å². The smallest absolute Gasteiger partial charge is 0.248 e. The van der Waals surface area contributed by atoms with Gasteiger partial charge < -0.3 is 11.1 Å². The van der Waals surface area contributed by atoms with Gasteiger partial charge in [-0.1, -0.05) is 12.1 Å². The van der Waals surface area contributed by atoms with Crippen LogP contribution in [0.3, 0.4) is 0 Å². The minimum absolute atomic E-state index is 0. The molecule has 3 nitrogen and oxygen atoms in total. The van der Waals surface area contributed by atoms with Crippen LogP contribution in [-0.4, -0.2) is 19.0 Å². The summed E-state index contributed by atoms with van der Waals surface area (Å²) in [5, 5.41) is 3.35. The summed E-state index contributed by atoms with van der Waals surface area (Å²) in [6.07, 6.45) is 2.28. The number of primary amides is 1. The summed E-state index contributed by atoms with van der Waals surface area (Å²) in [6, 6.07) is 5.87. The van der Waals surface area contributed by atoms with Crippen LogP contribution >= 0.6 is 12.4 Å². The molecule has 17 heavy (non-hydrogen) atoms. The normalized spacial score (nSPS) is 16.3. The fourth-order valence-electron chi connectivity index (χ4n) is 2.50. The van der Waals surface area contributed by atoms with Gasteiger partial charge in [-0.15, -0.1) is 12.4 Å². The molecule has 2 rings (SSSR count). The van der Waals surface area contributed by atoms with E-state index in [1.54, 1.807) is 0 Å². The van der Waals surface area contributed by atoms with Crippen molar-refractivity contribution in [2.24, 2.45) is 5.73 Å².